The van der Waals surface area contributed by atoms with Crippen molar-refractivity contribution in [2.45, 2.75) is 116 Å². The summed E-state index contributed by atoms with van der Waals surface area (Å²) in [6.07, 6.45) is -5.59. The van der Waals surface area contributed by atoms with E-state index in [0.717, 1.165) is 27.2 Å². The van der Waals surface area contributed by atoms with Gasteiger partial charge in [-0.3, -0.25) is 38.6 Å². The van der Waals surface area contributed by atoms with Crippen LogP contribution in [0.3, 0.4) is 0 Å². The second-order valence-electron chi connectivity index (χ2n) is 26.3. The van der Waals surface area contributed by atoms with Crippen LogP contribution < -0.4 is 29.6 Å². The minimum absolute atomic E-state index is 0.0133. The highest BCUT2D eigenvalue weighted by Crippen LogP contribution is 2.58. The van der Waals surface area contributed by atoms with Gasteiger partial charge in [0.25, 0.3) is 29.5 Å². The van der Waals surface area contributed by atoms with Crippen LogP contribution in [-0.2, 0) is 36.1 Å². The van der Waals surface area contributed by atoms with Crippen LogP contribution in [0.5, 0.6) is 46.0 Å². The number of hydrogen-bond acceptors (Lipinski definition) is 16. The maximum atomic E-state index is 16.2. The molecule has 0 spiro atoms. The second kappa shape index (κ2) is 29.0. The van der Waals surface area contributed by atoms with E-state index < -0.39 is 89.0 Å². The Kier molecular flexibility index (Phi) is 20.9. The molecular formula is C76H81F3N4O16Si2. The Morgan fingerprint density at radius 1 is 0.386 bits per heavy atom. The van der Waals surface area contributed by atoms with E-state index >= 15 is 32.3 Å². The van der Waals surface area contributed by atoms with Gasteiger partial charge in [-0.05, 0) is 126 Å². The van der Waals surface area contributed by atoms with Gasteiger partial charge in [-0.2, -0.15) is 13.2 Å². The average Bonchev–Trinajstić information content (AvgIpc) is 0.671. The molecule has 9 aromatic carbocycles. The van der Waals surface area contributed by atoms with Gasteiger partial charge in [-0.25, -0.2) is 0 Å². The molecule has 2 N–H and O–H groups in total. The highest BCUT2D eigenvalue weighted by Gasteiger charge is 2.56. The first-order valence-corrected chi connectivity index (χ1v) is 37.1. The molecule has 2 atom stereocenters. The summed E-state index contributed by atoms with van der Waals surface area (Å²) in [4.78, 5) is 93.7. The van der Waals surface area contributed by atoms with Crippen LogP contribution in [-0.4, -0.2) is 137 Å². The molecule has 530 valence electrons. The molecule has 0 saturated carbocycles. The summed E-state index contributed by atoms with van der Waals surface area (Å²) in [5.41, 5.74) is 2.17. The van der Waals surface area contributed by atoms with E-state index in [1.165, 1.54) is 73.8 Å². The molecule has 0 aromatic heterocycles. The van der Waals surface area contributed by atoms with Crippen LogP contribution in [0.25, 0.3) is 43.1 Å². The van der Waals surface area contributed by atoms with Crippen molar-refractivity contribution < 1.29 is 87.4 Å². The van der Waals surface area contributed by atoms with Crippen LogP contribution in [0.2, 0.25) is 12.1 Å². The van der Waals surface area contributed by atoms with E-state index in [0.29, 0.717) is 0 Å². The van der Waals surface area contributed by atoms with Crippen LogP contribution in [0.4, 0.5) is 13.2 Å². The van der Waals surface area contributed by atoms with E-state index in [4.69, 9.17) is 45.5 Å². The van der Waals surface area contributed by atoms with Crippen LogP contribution >= 0.6 is 0 Å². The number of carbonyl (C=O) groups excluding carboxylic acids is 6. The first-order valence-electron chi connectivity index (χ1n) is 33.2. The fraction of sp³-hybridized carbons (Fsp3) is 0.342. The summed E-state index contributed by atoms with van der Waals surface area (Å²) in [7, 11) is 1.45. The molecule has 2 aliphatic rings. The molecule has 0 radical (unpaired) electrons. The number of fused-ring (bicyclic) bond motifs is 2. The van der Waals surface area contributed by atoms with Gasteiger partial charge in [-0.15, -0.1) is 0 Å². The summed E-state index contributed by atoms with van der Waals surface area (Å²) in [6.45, 7) is 16.8. The first-order chi connectivity index (χ1) is 48.1. The van der Waals surface area contributed by atoms with Crippen LogP contribution in [0.15, 0.2) is 121 Å². The zero-order valence-corrected chi connectivity index (χ0v) is 60.9. The normalized spacial score (nSPS) is 14.2. The largest absolute Gasteiger partial charge is 0.501 e. The monoisotopic (exact) mass is 1420 g/mol. The highest BCUT2D eigenvalue weighted by molar-refractivity contribution is 6.61. The van der Waals surface area contributed by atoms with Gasteiger partial charge < -0.3 is 56.1 Å². The third-order valence-electron chi connectivity index (χ3n) is 18.9. The summed E-state index contributed by atoms with van der Waals surface area (Å²) >= 11 is 0. The molecule has 0 aliphatic carbocycles. The Bertz CT molecular complexity index is 4490. The number of ether oxygens (including phenoxy) is 4. The number of alkyl halides is 3. The Hall–Kier alpha value is -9.32. The average molecular weight is 1420 g/mol. The lowest BCUT2D eigenvalue weighted by molar-refractivity contribution is -0.179. The van der Waals surface area contributed by atoms with Gasteiger partial charge >= 0.3 is 23.8 Å². The maximum absolute atomic E-state index is 16.2. The number of halogens is 3. The fourth-order valence-corrected chi connectivity index (χ4v) is 16.4. The SMILES string of the molecule is CO[Si](CCNC(=O)C(C)N1C(=O)c2cc(Oc3cccc(C(C)C)c3)c3c4c(Oc5cccc(C(C)C)c5)cc5c6c(cc(Oc7cccc(C(C)C)c7)c(c7c(Oc8cccc(C(C)C)c8)cc(c2c37)C1=O)c64)C(=O)N(C(C(=O)NCC[Si](OC)(OC)OC)C(F)(F)F)C5=O)(OC)OC. The van der Waals surface area contributed by atoms with E-state index in [1.807, 2.05) is 91.8 Å². The van der Waals surface area contributed by atoms with Crippen molar-refractivity contribution in [2.24, 2.45) is 0 Å². The van der Waals surface area contributed by atoms with Crippen molar-refractivity contribution in [2.75, 3.05) is 55.7 Å². The third kappa shape index (κ3) is 13.6. The summed E-state index contributed by atoms with van der Waals surface area (Å²) in [5.74, 6) is -6.94. The van der Waals surface area contributed by atoms with Gasteiger partial charge in [0.15, 0.2) is 0 Å². The number of rotatable bonds is 28. The summed E-state index contributed by atoms with van der Waals surface area (Å²) in [6, 6.07) is 29.1. The zero-order chi connectivity index (χ0) is 72.9. The highest BCUT2D eigenvalue weighted by atomic mass is 28.4. The third-order valence-corrected chi connectivity index (χ3v) is 24.3. The smallest absolute Gasteiger partial charge is 0.457 e. The summed E-state index contributed by atoms with van der Waals surface area (Å²) in [5, 5.41) is 5.55. The van der Waals surface area contributed by atoms with Crippen molar-refractivity contribution in [1.82, 2.24) is 20.4 Å². The number of nitrogens with one attached hydrogen (secondary N) is 2. The van der Waals surface area contributed by atoms with Crippen molar-refractivity contribution in [3.8, 4) is 46.0 Å². The Morgan fingerprint density at radius 3 is 0.911 bits per heavy atom. The Balaban J connectivity index is 1.31. The van der Waals surface area contributed by atoms with E-state index in [9.17, 15) is 9.59 Å². The molecule has 11 rings (SSSR count). The fourth-order valence-electron chi connectivity index (χ4n) is 13.3. The topological polar surface area (TPSA) is 225 Å². The molecule has 0 saturated heterocycles. The number of benzene rings is 9. The number of hydrogen-bond donors (Lipinski definition) is 2. The number of nitrogens with zero attached hydrogens (tertiary/aromatic N) is 2. The number of imide groups is 2. The van der Waals surface area contributed by atoms with Gasteiger partial charge in [-0.1, -0.05) is 104 Å². The molecule has 101 heavy (non-hydrogen) atoms. The first kappa shape index (κ1) is 72.9. The Labute approximate surface area is 585 Å². The zero-order valence-electron chi connectivity index (χ0n) is 58.9. The van der Waals surface area contributed by atoms with Crippen LogP contribution in [0.1, 0.15) is 150 Å². The second-order valence-corrected chi connectivity index (χ2v) is 32.4. The molecule has 2 unspecified atom stereocenters. The van der Waals surface area contributed by atoms with Crippen LogP contribution in [0, 0.1) is 0 Å². The van der Waals surface area contributed by atoms with Gasteiger partial charge in [0, 0.05) is 111 Å². The Morgan fingerprint density at radius 2 is 0.653 bits per heavy atom. The summed E-state index contributed by atoms with van der Waals surface area (Å²) < 4.78 is 110. The maximum Gasteiger partial charge on any atom is 0.501 e. The molecule has 2 aliphatic heterocycles. The molecule has 25 heteroatoms. The number of amides is 6. The molecule has 20 nitrogen and oxygen atoms in total. The van der Waals surface area contributed by atoms with Crippen molar-refractivity contribution >= 4 is 96.1 Å². The predicted molar refractivity (Wildman–Crippen MR) is 380 cm³/mol. The number of carbonyl (C=O) groups is 6. The molecule has 0 fully saturated rings. The lowest BCUT2D eigenvalue weighted by Gasteiger charge is -2.36. The quantitative estimate of drug-likeness (QED) is 0.0201. The van der Waals surface area contributed by atoms with Gasteiger partial charge in [0.2, 0.25) is 11.9 Å². The predicted octanol–water partition coefficient (Wildman–Crippen LogP) is 15.9. The minimum atomic E-state index is -5.59. The van der Waals surface area contributed by atoms with E-state index in [2.05, 4.69) is 10.6 Å². The molecule has 9 aromatic rings. The van der Waals surface area contributed by atoms with E-state index in [1.54, 1.807) is 60.7 Å². The van der Waals surface area contributed by atoms with Gasteiger partial charge in [0.05, 0.1) is 22.3 Å². The molecule has 2 heterocycles. The molecule has 6 amide bonds. The molecule has 0 bridgehead atoms. The van der Waals surface area contributed by atoms with Crippen molar-refractivity contribution in [3.63, 3.8) is 0 Å². The van der Waals surface area contributed by atoms with Crippen molar-refractivity contribution in [1.29, 1.82) is 0 Å². The van der Waals surface area contributed by atoms with E-state index in [-0.39, 0.29) is 147 Å². The molecular weight excluding hydrogens is 1340 g/mol. The lowest BCUT2D eigenvalue weighted by atomic mass is 9.80. The standard InChI is InChI=1S/C76H81F3N4O16Si2/c1-40(2)45-20-16-24-49(32-45)96-57-36-53-61-54(73(87)82(72(53)86)44(9)70(84)80-28-30-100(90-10,91-11)92-12)37-58(97-50-25-17-21-46(33-50)41(3)4)64-66-60(99-52-27-19-23-48(35-52)43(7)8)39-56-62-55(38-59(65(68(62)66)63(57)67(61)64)98-51-26-18-22-47(34-51)42(5)6)74(88)83(75(56)89)69(76(77,78)79)71(85)81-29-31-101(93-13,94-14)95-15/h16-27,32-44,69H,28-31H2,1-15H3,(H,80,84)(H,81,85). The van der Waals surface area contributed by atoms with Gasteiger partial charge in [0.1, 0.15) is 52.0 Å². The lowest BCUT2D eigenvalue weighted by Crippen LogP contribution is -2.60. The minimum Gasteiger partial charge on any atom is -0.457 e. The van der Waals surface area contributed by atoms with Crippen molar-refractivity contribution in [3.05, 3.63) is 166 Å².